The second-order valence-electron chi connectivity index (χ2n) is 5.85. The number of carbonyl (C=O) groups is 2. The van der Waals surface area contributed by atoms with Crippen LogP contribution >= 0.6 is 11.8 Å². The van der Waals surface area contributed by atoms with Gasteiger partial charge < -0.3 is 15.4 Å². The number of thioether (sulfide) groups is 1. The number of amides is 2. The SMILES string of the molecule is CC1Sc2ccc(C(=O)NCCCOc3ccccc3F)cc2NC1=O. The number of hydrogen-bond acceptors (Lipinski definition) is 4. The van der Waals surface area contributed by atoms with Gasteiger partial charge in [-0.3, -0.25) is 9.59 Å². The van der Waals surface area contributed by atoms with Crippen LogP contribution in [0.2, 0.25) is 0 Å². The Morgan fingerprint density at radius 2 is 2.12 bits per heavy atom. The minimum absolute atomic E-state index is 0.0645. The summed E-state index contributed by atoms with van der Waals surface area (Å²) in [6.45, 7) is 2.55. The number of para-hydroxylation sites is 1. The van der Waals surface area contributed by atoms with Gasteiger partial charge in [0.2, 0.25) is 5.91 Å². The number of hydrogen-bond donors (Lipinski definition) is 2. The number of halogens is 1. The molecular formula is C19H19FN2O3S. The molecule has 0 saturated heterocycles. The lowest BCUT2D eigenvalue weighted by Gasteiger charge is -2.21. The van der Waals surface area contributed by atoms with Crippen molar-refractivity contribution in [1.82, 2.24) is 5.32 Å². The van der Waals surface area contributed by atoms with Gasteiger partial charge in [0.1, 0.15) is 0 Å². The molecule has 0 fully saturated rings. The molecular weight excluding hydrogens is 355 g/mol. The Hall–Kier alpha value is -2.54. The molecule has 2 aromatic rings. The fraction of sp³-hybridized carbons (Fsp3) is 0.263. The van der Waals surface area contributed by atoms with Crippen LogP contribution in [0.25, 0.3) is 0 Å². The van der Waals surface area contributed by atoms with Gasteiger partial charge in [0, 0.05) is 17.0 Å². The van der Waals surface area contributed by atoms with Crippen molar-refractivity contribution in [3.8, 4) is 5.75 Å². The lowest BCUT2D eigenvalue weighted by molar-refractivity contribution is -0.115. The number of benzene rings is 2. The van der Waals surface area contributed by atoms with Crippen LogP contribution in [0.5, 0.6) is 5.75 Å². The van der Waals surface area contributed by atoms with E-state index in [1.807, 2.05) is 13.0 Å². The number of carbonyl (C=O) groups excluding carboxylic acids is 2. The predicted molar refractivity (Wildman–Crippen MR) is 99.2 cm³/mol. The zero-order chi connectivity index (χ0) is 18.5. The third-order valence-electron chi connectivity index (χ3n) is 3.87. The van der Waals surface area contributed by atoms with E-state index in [-0.39, 0.29) is 22.8 Å². The fourth-order valence-electron chi connectivity index (χ4n) is 2.47. The molecule has 3 rings (SSSR count). The maximum Gasteiger partial charge on any atom is 0.251 e. The Bertz CT molecular complexity index is 828. The monoisotopic (exact) mass is 374 g/mol. The average Bonchev–Trinajstić information content (AvgIpc) is 2.63. The topological polar surface area (TPSA) is 67.4 Å². The summed E-state index contributed by atoms with van der Waals surface area (Å²) in [6.07, 6.45) is 0.551. The molecule has 0 aromatic heterocycles. The van der Waals surface area contributed by atoms with E-state index in [1.54, 1.807) is 30.3 Å². The van der Waals surface area contributed by atoms with E-state index in [9.17, 15) is 14.0 Å². The molecule has 1 aliphatic heterocycles. The predicted octanol–water partition coefficient (Wildman–Crippen LogP) is 3.46. The highest BCUT2D eigenvalue weighted by atomic mass is 32.2. The van der Waals surface area contributed by atoms with Crippen molar-refractivity contribution in [2.75, 3.05) is 18.5 Å². The molecule has 7 heteroatoms. The van der Waals surface area contributed by atoms with Gasteiger partial charge in [-0.05, 0) is 43.7 Å². The van der Waals surface area contributed by atoms with Crippen LogP contribution in [0.1, 0.15) is 23.7 Å². The molecule has 2 amide bonds. The van der Waals surface area contributed by atoms with E-state index < -0.39 is 5.82 Å². The summed E-state index contributed by atoms with van der Waals surface area (Å²) in [5.74, 6) is -0.488. The summed E-state index contributed by atoms with van der Waals surface area (Å²) in [5, 5.41) is 5.46. The Labute approximate surface area is 155 Å². The van der Waals surface area contributed by atoms with E-state index in [2.05, 4.69) is 10.6 Å². The Morgan fingerprint density at radius 1 is 1.31 bits per heavy atom. The van der Waals surface area contributed by atoms with Gasteiger partial charge in [-0.1, -0.05) is 12.1 Å². The molecule has 2 N–H and O–H groups in total. The Kier molecular flexibility index (Phi) is 5.78. The van der Waals surface area contributed by atoms with Gasteiger partial charge >= 0.3 is 0 Å². The van der Waals surface area contributed by atoms with E-state index in [0.717, 1.165) is 4.90 Å². The minimum atomic E-state index is -0.403. The third-order valence-corrected chi connectivity index (χ3v) is 5.05. The second-order valence-corrected chi connectivity index (χ2v) is 7.23. The van der Waals surface area contributed by atoms with Crippen molar-refractivity contribution in [1.29, 1.82) is 0 Å². The molecule has 0 radical (unpaired) electrons. The standard InChI is InChI=1S/C19H19FN2O3S/c1-12-18(23)22-15-11-13(7-8-17(15)26-12)19(24)21-9-4-10-25-16-6-3-2-5-14(16)20/h2-3,5-8,11-12H,4,9-10H2,1H3,(H,21,24)(H,22,23). The molecule has 2 aromatic carbocycles. The molecule has 1 atom stereocenters. The minimum Gasteiger partial charge on any atom is -0.490 e. The van der Waals surface area contributed by atoms with Crippen LogP contribution in [-0.2, 0) is 4.79 Å². The van der Waals surface area contributed by atoms with Crippen LogP contribution in [0.4, 0.5) is 10.1 Å². The van der Waals surface area contributed by atoms with Crippen molar-refractivity contribution in [2.24, 2.45) is 0 Å². The summed E-state index contributed by atoms with van der Waals surface area (Å²) in [5.41, 5.74) is 1.14. The third kappa shape index (κ3) is 4.35. The van der Waals surface area contributed by atoms with E-state index in [4.69, 9.17) is 4.74 Å². The molecule has 0 spiro atoms. The lowest BCUT2D eigenvalue weighted by atomic mass is 10.1. The Morgan fingerprint density at radius 3 is 2.92 bits per heavy atom. The maximum atomic E-state index is 13.4. The summed E-state index contributed by atoms with van der Waals surface area (Å²) >= 11 is 1.47. The fourth-order valence-corrected chi connectivity index (χ4v) is 3.40. The molecule has 0 saturated carbocycles. The normalized spacial score (nSPS) is 15.8. The van der Waals surface area contributed by atoms with Crippen molar-refractivity contribution in [3.05, 3.63) is 53.8 Å². The molecule has 1 aliphatic rings. The second kappa shape index (κ2) is 8.23. The summed E-state index contributed by atoms with van der Waals surface area (Å²) in [7, 11) is 0. The Balaban J connectivity index is 1.47. The summed E-state index contributed by atoms with van der Waals surface area (Å²) in [4.78, 5) is 24.9. The molecule has 1 unspecified atom stereocenters. The summed E-state index contributed by atoms with van der Waals surface area (Å²) < 4.78 is 18.8. The van der Waals surface area contributed by atoms with Crippen LogP contribution in [0.3, 0.4) is 0 Å². The first-order chi connectivity index (χ1) is 12.5. The summed E-state index contributed by atoms with van der Waals surface area (Å²) in [6, 6.07) is 11.5. The van der Waals surface area contributed by atoms with Crippen molar-refractivity contribution >= 4 is 29.3 Å². The van der Waals surface area contributed by atoms with Crippen molar-refractivity contribution in [3.63, 3.8) is 0 Å². The van der Waals surface area contributed by atoms with E-state index >= 15 is 0 Å². The first kappa shape index (κ1) is 18.3. The number of rotatable bonds is 6. The molecule has 0 bridgehead atoms. The van der Waals surface area contributed by atoms with Gasteiger partial charge in [-0.25, -0.2) is 4.39 Å². The van der Waals surface area contributed by atoms with E-state index in [1.165, 1.54) is 17.8 Å². The zero-order valence-electron chi connectivity index (χ0n) is 14.3. The van der Waals surface area contributed by atoms with Gasteiger partial charge in [0.15, 0.2) is 11.6 Å². The highest BCUT2D eigenvalue weighted by Gasteiger charge is 2.23. The largest absolute Gasteiger partial charge is 0.490 e. The van der Waals surface area contributed by atoms with Crippen molar-refractivity contribution in [2.45, 2.75) is 23.5 Å². The van der Waals surface area contributed by atoms with Gasteiger partial charge in [0.25, 0.3) is 5.91 Å². The maximum absolute atomic E-state index is 13.4. The first-order valence-electron chi connectivity index (χ1n) is 8.31. The molecule has 26 heavy (non-hydrogen) atoms. The van der Waals surface area contributed by atoms with Gasteiger partial charge in [0.05, 0.1) is 17.5 Å². The highest BCUT2D eigenvalue weighted by Crippen LogP contribution is 2.35. The van der Waals surface area contributed by atoms with Crippen LogP contribution in [0, 0.1) is 5.82 Å². The molecule has 136 valence electrons. The molecule has 5 nitrogen and oxygen atoms in total. The highest BCUT2D eigenvalue weighted by molar-refractivity contribution is 8.00. The number of nitrogens with one attached hydrogen (secondary N) is 2. The smallest absolute Gasteiger partial charge is 0.251 e. The molecule has 1 heterocycles. The zero-order valence-corrected chi connectivity index (χ0v) is 15.1. The number of ether oxygens (including phenoxy) is 1. The van der Waals surface area contributed by atoms with Crippen LogP contribution in [-0.4, -0.2) is 30.2 Å². The van der Waals surface area contributed by atoms with Gasteiger partial charge in [-0.15, -0.1) is 11.8 Å². The first-order valence-corrected chi connectivity index (χ1v) is 9.19. The average molecular weight is 374 g/mol. The number of fused-ring (bicyclic) bond motifs is 1. The quantitative estimate of drug-likeness (QED) is 0.760. The van der Waals surface area contributed by atoms with E-state index in [0.29, 0.717) is 30.8 Å². The number of anilines is 1. The van der Waals surface area contributed by atoms with Crippen LogP contribution < -0.4 is 15.4 Å². The van der Waals surface area contributed by atoms with Gasteiger partial charge in [-0.2, -0.15) is 0 Å². The lowest BCUT2D eigenvalue weighted by Crippen LogP contribution is -2.28. The van der Waals surface area contributed by atoms with Crippen molar-refractivity contribution < 1.29 is 18.7 Å². The van der Waals surface area contributed by atoms with Crippen LogP contribution in [0.15, 0.2) is 47.4 Å². The molecule has 0 aliphatic carbocycles.